The number of imide groups is 1. The summed E-state index contributed by atoms with van der Waals surface area (Å²) in [5, 5.41) is 8.26. The summed E-state index contributed by atoms with van der Waals surface area (Å²) in [6.45, 7) is 5.37. The molecular weight excluding hydrogens is 551 g/mol. The van der Waals surface area contributed by atoms with Crippen LogP contribution in [0, 0.1) is 20.8 Å². The second-order valence-electron chi connectivity index (χ2n) is 9.94. The van der Waals surface area contributed by atoms with Gasteiger partial charge in [0.15, 0.2) is 11.5 Å². The van der Waals surface area contributed by atoms with Crippen molar-refractivity contribution >= 4 is 46.7 Å². The first-order valence-corrected chi connectivity index (χ1v) is 12.7. The molecule has 1 atom stereocenters. The van der Waals surface area contributed by atoms with Crippen LogP contribution in [0.5, 0.6) is 0 Å². The van der Waals surface area contributed by atoms with E-state index >= 15 is 0 Å². The smallest absolute Gasteiger partial charge is 0.323 e. The van der Waals surface area contributed by atoms with Gasteiger partial charge in [-0.05, 0) is 57.2 Å². The van der Waals surface area contributed by atoms with Crippen LogP contribution in [0.1, 0.15) is 43.2 Å². The highest BCUT2D eigenvalue weighted by molar-refractivity contribution is 6.24. The van der Waals surface area contributed by atoms with Crippen molar-refractivity contribution in [3.05, 3.63) is 94.4 Å². The van der Waals surface area contributed by atoms with Gasteiger partial charge in [0.05, 0.1) is 30.2 Å². The van der Waals surface area contributed by atoms with Gasteiger partial charge in [-0.3, -0.25) is 15.1 Å². The van der Waals surface area contributed by atoms with E-state index in [1.165, 1.54) is 31.4 Å². The van der Waals surface area contributed by atoms with Crippen molar-refractivity contribution in [3.63, 3.8) is 0 Å². The maximum atomic E-state index is 13.8. The molecule has 0 saturated heterocycles. The first kappa shape index (κ1) is 28.4. The van der Waals surface area contributed by atoms with Crippen molar-refractivity contribution in [2.75, 3.05) is 23.0 Å². The average Bonchev–Trinajstić information content (AvgIpc) is 2.94. The summed E-state index contributed by atoms with van der Waals surface area (Å²) in [4.78, 5) is 52.9. The molecule has 0 bridgehead atoms. The van der Waals surface area contributed by atoms with E-state index in [2.05, 4.69) is 30.9 Å². The van der Waals surface area contributed by atoms with Crippen molar-refractivity contribution in [3.8, 4) is 0 Å². The van der Waals surface area contributed by atoms with E-state index in [1.54, 1.807) is 13.0 Å². The number of urea groups is 1. The molecule has 0 spiro atoms. The number of hydrogen-bond donors (Lipinski definition) is 3. The molecule has 4 amide bonds. The molecule has 2 aromatic carbocycles. The molecule has 1 unspecified atom stereocenters. The van der Waals surface area contributed by atoms with Gasteiger partial charge in [0.2, 0.25) is 5.95 Å². The highest BCUT2D eigenvalue weighted by Crippen LogP contribution is 2.36. The minimum Gasteiger partial charge on any atom is -0.323 e. The van der Waals surface area contributed by atoms with E-state index in [0.717, 1.165) is 29.6 Å². The SMILES string of the molecule is Cc1ccc(Nc2ncc3c(n2)NC(=O)[N+](C)(c2cc(NC(=O)c4cccc(C(F)(F)F)c4)ccc2C)C3=O)c(C)n1. The third-order valence-electron chi connectivity index (χ3n) is 6.93. The van der Waals surface area contributed by atoms with E-state index in [4.69, 9.17) is 0 Å². The van der Waals surface area contributed by atoms with Crippen LogP contribution >= 0.6 is 0 Å². The number of hydrogen-bond acceptors (Lipinski definition) is 7. The number of carbonyl (C=O) groups is 3. The number of alkyl halides is 3. The van der Waals surface area contributed by atoms with Crippen LogP contribution in [0.25, 0.3) is 0 Å². The fourth-order valence-corrected chi connectivity index (χ4v) is 4.61. The highest BCUT2D eigenvalue weighted by atomic mass is 19.4. The second kappa shape index (κ2) is 10.3. The van der Waals surface area contributed by atoms with E-state index in [-0.39, 0.29) is 34.3 Å². The molecule has 10 nitrogen and oxygen atoms in total. The quantitative estimate of drug-likeness (QED) is 0.244. The first-order valence-electron chi connectivity index (χ1n) is 12.7. The molecule has 0 aliphatic carbocycles. The molecule has 0 fully saturated rings. The van der Waals surface area contributed by atoms with Gasteiger partial charge in [0.25, 0.3) is 5.91 Å². The number of anilines is 4. The molecule has 3 N–H and O–H groups in total. The monoisotopic (exact) mass is 576 g/mol. The zero-order valence-electron chi connectivity index (χ0n) is 22.9. The number of pyridine rings is 1. The third kappa shape index (κ3) is 5.17. The van der Waals surface area contributed by atoms with Crippen molar-refractivity contribution in [1.29, 1.82) is 0 Å². The number of quaternary nitrogens is 1. The molecule has 0 saturated carbocycles. The van der Waals surface area contributed by atoms with Gasteiger partial charge in [-0.25, -0.2) is 14.6 Å². The predicted octanol–water partition coefficient (Wildman–Crippen LogP) is 6.13. The largest absolute Gasteiger partial charge is 0.434 e. The number of aromatic nitrogens is 3. The van der Waals surface area contributed by atoms with Crippen molar-refractivity contribution in [2.24, 2.45) is 0 Å². The Morgan fingerprint density at radius 1 is 0.976 bits per heavy atom. The van der Waals surface area contributed by atoms with Crippen LogP contribution < -0.4 is 20.4 Å². The summed E-state index contributed by atoms with van der Waals surface area (Å²) in [7, 11) is 1.40. The van der Waals surface area contributed by atoms with Crippen LogP contribution in [-0.2, 0) is 6.18 Å². The number of nitrogens with one attached hydrogen (secondary N) is 3. The lowest BCUT2D eigenvalue weighted by atomic mass is 10.1. The summed E-state index contributed by atoms with van der Waals surface area (Å²) >= 11 is 0. The van der Waals surface area contributed by atoms with Crippen LogP contribution in [0.4, 0.5) is 46.8 Å². The van der Waals surface area contributed by atoms with Crippen molar-refractivity contribution in [1.82, 2.24) is 19.4 Å². The zero-order valence-corrected chi connectivity index (χ0v) is 22.9. The number of fused-ring (bicyclic) bond motifs is 1. The number of rotatable bonds is 5. The number of amides is 4. The molecular formula is C29H25F3N7O3+. The number of benzene rings is 2. The Labute approximate surface area is 238 Å². The van der Waals surface area contributed by atoms with Gasteiger partial charge < -0.3 is 10.6 Å². The van der Waals surface area contributed by atoms with Gasteiger partial charge >= 0.3 is 18.1 Å². The predicted molar refractivity (Wildman–Crippen MR) is 151 cm³/mol. The Kier molecular flexibility index (Phi) is 6.98. The number of carbonyl (C=O) groups excluding carboxylic acids is 3. The molecule has 4 aromatic rings. The Morgan fingerprint density at radius 2 is 1.74 bits per heavy atom. The van der Waals surface area contributed by atoms with Gasteiger partial charge in [0, 0.05) is 28.6 Å². The Bertz CT molecular complexity index is 1770. The first-order chi connectivity index (χ1) is 19.8. The molecule has 3 heterocycles. The van der Waals surface area contributed by atoms with Gasteiger partial charge in [-0.2, -0.15) is 18.2 Å². The highest BCUT2D eigenvalue weighted by Gasteiger charge is 2.50. The molecule has 0 radical (unpaired) electrons. The fraction of sp³-hybridized carbons (Fsp3) is 0.172. The summed E-state index contributed by atoms with van der Waals surface area (Å²) in [5.74, 6) is -1.21. The number of halogens is 3. The Morgan fingerprint density at radius 3 is 2.45 bits per heavy atom. The van der Waals surface area contributed by atoms with Gasteiger partial charge in [-0.1, -0.05) is 12.1 Å². The van der Waals surface area contributed by atoms with Crippen LogP contribution in [0.15, 0.2) is 60.8 Å². The van der Waals surface area contributed by atoms with E-state index in [9.17, 15) is 27.6 Å². The molecule has 5 rings (SSSR count). The minimum atomic E-state index is -4.61. The topological polar surface area (TPSA) is 126 Å². The Hall–Kier alpha value is -5.17. The van der Waals surface area contributed by atoms with Crippen LogP contribution in [0.2, 0.25) is 0 Å². The lowest BCUT2D eigenvalue weighted by molar-refractivity contribution is -0.137. The number of aryl methyl sites for hydroxylation is 3. The van der Waals surface area contributed by atoms with Gasteiger partial charge in [0.1, 0.15) is 5.56 Å². The molecule has 1 aliphatic rings. The lowest BCUT2D eigenvalue weighted by Crippen LogP contribution is -2.60. The number of nitrogens with zero attached hydrogens (tertiary/aromatic N) is 4. The van der Waals surface area contributed by atoms with Gasteiger partial charge in [-0.15, -0.1) is 4.48 Å². The molecule has 2 aromatic heterocycles. The lowest BCUT2D eigenvalue weighted by Gasteiger charge is -2.33. The van der Waals surface area contributed by atoms with Crippen molar-refractivity contribution in [2.45, 2.75) is 26.9 Å². The zero-order chi connectivity index (χ0) is 30.4. The molecule has 13 heteroatoms. The van der Waals surface area contributed by atoms with Crippen molar-refractivity contribution < 1.29 is 27.6 Å². The summed E-state index contributed by atoms with van der Waals surface area (Å²) in [6, 6.07) is 11.5. The maximum Gasteiger partial charge on any atom is 0.434 e. The second-order valence-corrected chi connectivity index (χ2v) is 9.94. The maximum absolute atomic E-state index is 13.8. The minimum absolute atomic E-state index is 0.0301. The van der Waals surface area contributed by atoms with E-state index in [0.29, 0.717) is 11.3 Å². The molecule has 42 heavy (non-hydrogen) atoms. The Balaban J connectivity index is 1.43. The third-order valence-corrected chi connectivity index (χ3v) is 6.93. The molecule has 1 aliphatic heterocycles. The van der Waals surface area contributed by atoms with E-state index < -0.39 is 34.1 Å². The molecule has 214 valence electrons. The summed E-state index contributed by atoms with van der Waals surface area (Å²) < 4.78 is 38.5. The average molecular weight is 577 g/mol. The van der Waals surface area contributed by atoms with Crippen LogP contribution in [-0.4, -0.2) is 39.8 Å². The fourth-order valence-electron chi connectivity index (χ4n) is 4.61. The summed E-state index contributed by atoms with van der Waals surface area (Å²) in [5.41, 5.74) is 2.11. The summed E-state index contributed by atoms with van der Waals surface area (Å²) in [6.07, 6.45) is -3.30. The van der Waals surface area contributed by atoms with Crippen LogP contribution in [0.3, 0.4) is 0 Å². The standard InChI is InChI=1S/C29H24F3N7O3/c1-15-8-10-20(35-25(40)18-6-5-7-19(12-18)29(30,31)32)13-23(15)39(4)26(41)21-14-33-27(37-24(21)38-28(39)42)36-22-11-9-16(2)34-17(22)3/h5-14H,1-4H3,(H2-,33,35,36,37,38,40,41,42)/p+1. The van der Waals surface area contributed by atoms with E-state index in [1.807, 2.05) is 26.0 Å². The normalized spacial score (nSPS) is 16.5.